The molecule has 2 heterocycles. The Kier molecular flexibility index (Phi) is 6.68. The average molecular weight is 476 g/mol. The second kappa shape index (κ2) is 9.84. The number of hydrogen-bond acceptors (Lipinski definition) is 8. The van der Waals surface area contributed by atoms with E-state index in [0.717, 1.165) is 6.42 Å². The van der Waals surface area contributed by atoms with E-state index < -0.39 is 23.7 Å². The lowest BCUT2D eigenvalue weighted by Crippen LogP contribution is -2.29. The number of nitrogens with zero attached hydrogens (tertiary/aromatic N) is 2. The highest BCUT2D eigenvalue weighted by atomic mass is 16.5. The summed E-state index contributed by atoms with van der Waals surface area (Å²) in [5, 5.41) is 15.1. The van der Waals surface area contributed by atoms with Crippen LogP contribution in [0, 0.1) is 6.92 Å². The molecule has 9 heteroatoms. The normalized spacial score (nSPS) is 17.0. The summed E-state index contributed by atoms with van der Waals surface area (Å²) in [4.78, 5) is 39.3. The highest BCUT2D eigenvalue weighted by Crippen LogP contribution is 2.42. The third-order valence-corrected chi connectivity index (χ3v) is 5.55. The number of Topliss-reactive ketones (excluding diaryl/α,β-unsaturated/α-hetero) is 1. The summed E-state index contributed by atoms with van der Waals surface area (Å²) in [7, 11) is 1.27. The Hall–Kier alpha value is -4.40. The van der Waals surface area contributed by atoms with Crippen LogP contribution in [0.3, 0.4) is 0 Å². The van der Waals surface area contributed by atoms with Crippen molar-refractivity contribution in [2.75, 3.05) is 18.6 Å². The number of ketones is 1. The molecule has 1 N–H and O–H groups in total. The molecule has 1 aromatic heterocycles. The second-order valence-electron chi connectivity index (χ2n) is 7.95. The predicted molar refractivity (Wildman–Crippen MR) is 126 cm³/mol. The lowest BCUT2D eigenvalue weighted by atomic mass is 9.94. The summed E-state index contributed by atoms with van der Waals surface area (Å²) in [6, 6.07) is 13.4. The Balaban J connectivity index is 1.83. The van der Waals surface area contributed by atoms with Crippen LogP contribution < -0.4 is 9.64 Å². The minimum atomic E-state index is -0.998. The van der Waals surface area contributed by atoms with E-state index >= 15 is 0 Å². The molecule has 180 valence electrons. The largest absolute Gasteiger partial charge is 0.507 e. The van der Waals surface area contributed by atoms with Gasteiger partial charge in [-0.05, 0) is 55.3 Å². The zero-order valence-corrected chi connectivity index (χ0v) is 19.5. The number of aliphatic hydroxyl groups is 1. The molecule has 0 unspecified atom stereocenters. The van der Waals surface area contributed by atoms with Crippen LogP contribution in [0.15, 0.2) is 64.7 Å². The van der Waals surface area contributed by atoms with Crippen LogP contribution in [0.1, 0.15) is 46.6 Å². The van der Waals surface area contributed by atoms with E-state index in [-0.39, 0.29) is 17.2 Å². The molecule has 1 atom stereocenters. The van der Waals surface area contributed by atoms with Crippen LogP contribution in [0.2, 0.25) is 0 Å². The Bertz CT molecular complexity index is 1290. The molecular formula is C26H24N2O7. The molecule has 0 bridgehead atoms. The lowest BCUT2D eigenvalue weighted by Gasteiger charge is -2.23. The van der Waals surface area contributed by atoms with E-state index in [4.69, 9.17) is 14.0 Å². The van der Waals surface area contributed by atoms with Gasteiger partial charge in [-0.2, -0.15) is 0 Å². The molecule has 2 aromatic carbocycles. The summed E-state index contributed by atoms with van der Waals surface area (Å²) >= 11 is 0. The van der Waals surface area contributed by atoms with Crippen LogP contribution in [0.25, 0.3) is 5.76 Å². The molecule has 9 nitrogen and oxygen atoms in total. The van der Waals surface area contributed by atoms with Crippen molar-refractivity contribution in [3.05, 3.63) is 82.6 Å². The van der Waals surface area contributed by atoms with Crippen molar-refractivity contribution in [2.24, 2.45) is 0 Å². The zero-order chi connectivity index (χ0) is 25.1. The van der Waals surface area contributed by atoms with Gasteiger partial charge in [0.05, 0.1) is 30.9 Å². The van der Waals surface area contributed by atoms with Crippen LogP contribution in [-0.4, -0.2) is 41.6 Å². The maximum Gasteiger partial charge on any atom is 0.337 e. The summed E-state index contributed by atoms with van der Waals surface area (Å²) in [5.74, 6) is -1.38. The smallest absolute Gasteiger partial charge is 0.337 e. The van der Waals surface area contributed by atoms with Gasteiger partial charge in [-0.3, -0.25) is 14.5 Å². The monoisotopic (exact) mass is 476 g/mol. The van der Waals surface area contributed by atoms with Crippen molar-refractivity contribution >= 4 is 29.2 Å². The molecule has 35 heavy (non-hydrogen) atoms. The quantitative estimate of drug-likeness (QED) is 0.233. The molecule has 0 aliphatic carbocycles. The van der Waals surface area contributed by atoms with Crippen LogP contribution >= 0.6 is 0 Å². The van der Waals surface area contributed by atoms with Gasteiger partial charge in [-0.15, -0.1) is 0 Å². The first kappa shape index (κ1) is 23.7. The van der Waals surface area contributed by atoms with Gasteiger partial charge in [0.25, 0.3) is 5.78 Å². The highest BCUT2D eigenvalue weighted by molar-refractivity contribution is 6.51. The first-order valence-electron chi connectivity index (χ1n) is 11.0. The second-order valence-corrected chi connectivity index (χ2v) is 7.95. The summed E-state index contributed by atoms with van der Waals surface area (Å²) in [6.07, 6.45) is 0.849. The highest BCUT2D eigenvalue weighted by Gasteiger charge is 2.48. The predicted octanol–water partition coefficient (Wildman–Crippen LogP) is 4.18. The van der Waals surface area contributed by atoms with Crippen molar-refractivity contribution in [1.82, 2.24) is 5.16 Å². The Morgan fingerprint density at radius 1 is 1.09 bits per heavy atom. The number of ether oxygens (including phenoxy) is 2. The number of hydrogen-bond donors (Lipinski definition) is 1. The molecule has 1 aliphatic rings. The first-order valence-corrected chi connectivity index (χ1v) is 11.0. The first-order chi connectivity index (χ1) is 16.8. The number of anilines is 1. The van der Waals surface area contributed by atoms with Crippen LogP contribution in [-0.2, 0) is 14.3 Å². The maximum atomic E-state index is 13.2. The Morgan fingerprint density at radius 2 is 1.74 bits per heavy atom. The number of methoxy groups -OCH3 is 1. The standard InChI is InChI=1S/C26H24N2O7/c1-4-13-34-19-11-9-17(10-12-19)23(29)21-22(16-5-7-18(8-6-16)26(32)33-3)28(25(31)24(21)30)20-14-15(2)35-27-20/h5-12,14,22,29H,4,13H2,1-3H3/b23-21+/t22-/m0/s1. The summed E-state index contributed by atoms with van der Waals surface area (Å²) in [6.45, 7) is 4.21. The fourth-order valence-electron chi connectivity index (χ4n) is 3.85. The van der Waals surface area contributed by atoms with Gasteiger partial charge in [-0.25, -0.2) is 4.79 Å². The topological polar surface area (TPSA) is 119 Å². The SMILES string of the molecule is CCCOc1ccc(/C(O)=C2\C(=O)C(=O)N(c3cc(C)on3)[C@H]2c2ccc(C(=O)OC)cc2)cc1. The maximum absolute atomic E-state index is 13.2. The number of amides is 1. The van der Waals surface area contributed by atoms with Gasteiger partial charge in [0.2, 0.25) is 0 Å². The molecule has 1 aliphatic heterocycles. The number of carbonyl (C=O) groups is 3. The molecule has 4 rings (SSSR count). The lowest BCUT2D eigenvalue weighted by molar-refractivity contribution is -0.132. The van der Waals surface area contributed by atoms with Gasteiger partial charge < -0.3 is 19.1 Å². The van der Waals surface area contributed by atoms with Gasteiger partial charge in [-0.1, -0.05) is 24.2 Å². The Morgan fingerprint density at radius 3 is 2.31 bits per heavy atom. The number of carbonyl (C=O) groups excluding carboxylic acids is 3. The van der Waals surface area contributed by atoms with Crippen molar-refractivity contribution in [1.29, 1.82) is 0 Å². The number of rotatable bonds is 7. The Labute approximate surface area is 201 Å². The van der Waals surface area contributed by atoms with Crippen molar-refractivity contribution in [3.8, 4) is 5.75 Å². The minimum Gasteiger partial charge on any atom is -0.507 e. The molecule has 0 spiro atoms. The number of aromatic nitrogens is 1. The van der Waals surface area contributed by atoms with E-state index in [1.807, 2.05) is 6.92 Å². The molecule has 1 saturated heterocycles. The zero-order valence-electron chi connectivity index (χ0n) is 19.5. The molecule has 1 amide bonds. The van der Waals surface area contributed by atoms with E-state index in [2.05, 4.69) is 5.16 Å². The average Bonchev–Trinajstić information content (AvgIpc) is 3.42. The fourth-order valence-corrected chi connectivity index (χ4v) is 3.85. The fraction of sp³-hybridized carbons (Fsp3) is 0.231. The molecular weight excluding hydrogens is 452 g/mol. The van der Waals surface area contributed by atoms with E-state index in [1.54, 1.807) is 43.3 Å². The van der Waals surface area contributed by atoms with Gasteiger partial charge >= 0.3 is 11.9 Å². The number of esters is 1. The third kappa shape index (κ3) is 4.52. The summed E-state index contributed by atoms with van der Waals surface area (Å²) < 4.78 is 15.4. The third-order valence-electron chi connectivity index (χ3n) is 5.55. The van der Waals surface area contributed by atoms with Gasteiger partial charge in [0.1, 0.15) is 17.3 Å². The molecule has 0 saturated carbocycles. The van der Waals surface area contributed by atoms with Crippen molar-refractivity contribution < 1.29 is 33.5 Å². The molecule has 1 fully saturated rings. The van der Waals surface area contributed by atoms with Crippen molar-refractivity contribution in [2.45, 2.75) is 26.3 Å². The number of benzene rings is 2. The van der Waals surface area contributed by atoms with Gasteiger partial charge in [0, 0.05) is 11.6 Å². The number of aliphatic hydroxyl groups excluding tert-OH is 1. The molecule has 3 aromatic rings. The molecule has 0 radical (unpaired) electrons. The van der Waals surface area contributed by atoms with Gasteiger partial charge in [0.15, 0.2) is 5.82 Å². The van der Waals surface area contributed by atoms with E-state index in [9.17, 15) is 19.5 Å². The number of aryl methyl sites for hydroxylation is 1. The van der Waals surface area contributed by atoms with Crippen LogP contribution in [0.4, 0.5) is 5.82 Å². The van der Waals surface area contributed by atoms with Crippen LogP contribution in [0.5, 0.6) is 5.75 Å². The van der Waals surface area contributed by atoms with E-state index in [1.165, 1.54) is 30.2 Å². The van der Waals surface area contributed by atoms with E-state index in [0.29, 0.717) is 34.8 Å². The minimum absolute atomic E-state index is 0.108. The van der Waals surface area contributed by atoms with Crippen molar-refractivity contribution in [3.63, 3.8) is 0 Å². The summed E-state index contributed by atoms with van der Waals surface area (Å²) in [5.41, 5.74) is 1.03.